The zero-order chi connectivity index (χ0) is 8.97. The van der Waals surface area contributed by atoms with Crippen LogP contribution < -0.4 is 56.5 Å². The van der Waals surface area contributed by atoms with Gasteiger partial charge in [0.25, 0.3) is 0 Å². The monoisotopic (exact) mass is 200 g/mol. The molecular weight excluding hydrogens is 191 g/mol. The van der Waals surface area contributed by atoms with E-state index in [1.165, 1.54) is 6.07 Å². The molecule has 1 aromatic carbocycles. The number of hydrogen-bond acceptors (Lipinski definition) is 2. The normalized spacial score (nSPS) is 8.62. The van der Waals surface area contributed by atoms with Gasteiger partial charge in [-0.15, -0.1) is 6.58 Å². The number of allylic oxidation sites excluding steroid dienone is 1. The van der Waals surface area contributed by atoms with Gasteiger partial charge in [-0.2, -0.15) is 0 Å². The van der Waals surface area contributed by atoms with Gasteiger partial charge in [0.15, 0.2) is 0 Å². The largest absolute Gasteiger partial charge is 1.00 e. The molecule has 13 heavy (non-hydrogen) atoms. The minimum absolute atomic E-state index is 0. The van der Waals surface area contributed by atoms with E-state index in [2.05, 4.69) is 6.58 Å². The van der Waals surface area contributed by atoms with E-state index in [0.717, 1.165) is 5.56 Å². The molecule has 0 fully saturated rings. The molecule has 0 aliphatic carbocycles. The quantitative estimate of drug-likeness (QED) is 0.410. The Kier molecular flexibility index (Phi) is 6.54. The van der Waals surface area contributed by atoms with Crippen molar-refractivity contribution in [1.82, 2.24) is 0 Å². The Morgan fingerprint density at radius 1 is 1.46 bits per heavy atom. The summed E-state index contributed by atoms with van der Waals surface area (Å²) in [6.07, 6.45) is 2.23. The molecule has 0 amide bonds. The van der Waals surface area contributed by atoms with Crippen LogP contribution >= 0.6 is 0 Å². The fourth-order valence-corrected chi connectivity index (χ4v) is 1.05. The number of benzene rings is 1. The van der Waals surface area contributed by atoms with Crippen LogP contribution in [0.1, 0.15) is 15.9 Å². The Labute approximate surface area is 120 Å². The van der Waals surface area contributed by atoms with Gasteiger partial charge in [-0.3, -0.25) is 0 Å². The average Bonchev–Trinajstić information content (AvgIpc) is 2.05. The van der Waals surface area contributed by atoms with Crippen LogP contribution in [0, 0.1) is 0 Å². The molecule has 0 spiro atoms. The van der Waals surface area contributed by atoms with Crippen LogP contribution in [0.3, 0.4) is 0 Å². The van der Waals surface area contributed by atoms with Crippen molar-refractivity contribution in [2.75, 3.05) is 0 Å². The van der Waals surface area contributed by atoms with Gasteiger partial charge in [0.05, 0.1) is 5.97 Å². The molecule has 3 heteroatoms. The molecular formula is C10H9KO2. The first-order valence-electron chi connectivity index (χ1n) is 3.66. The summed E-state index contributed by atoms with van der Waals surface area (Å²) in [5.41, 5.74) is 0.991. The zero-order valence-electron chi connectivity index (χ0n) is 7.62. The summed E-state index contributed by atoms with van der Waals surface area (Å²) >= 11 is 0. The fraction of sp³-hybridized carbons (Fsp3) is 0.100. The summed E-state index contributed by atoms with van der Waals surface area (Å²) in [6, 6.07) is 6.77. The maximum absolute atomic E-state index is 10.6. The van der Waals surface area contributed by atoms with Crippen molar-refractivity contribution in [3.63, 3.8) is 0 Å². The summed E-state index contributed by atoms with van der Waals surface area (Å²) in [5.74, 6) is -1.13. The first-order valence-corrected chi connectivity index (χ1v) is 3.66. The summed E-state index contributed by atoms with van der Waals surface area (Å²) in [5, 5.41) is 10.6. The molecule has 0 aromatic heterocycles. The second kappa shape index (κ2) is 6.51. The third-order valence-corrected chi connectivity index (χ3v) is 1.60. The van der Waals surface area contributed by atoms with Crippen molar-refractivity contribution in [2.24, 2.45) is 0 Å². The molecule has 1 aromatic rings. The van der Waals surface area contributed by atoms with E-state index in [1.54, 1.807) is 24.3 Å². The van der Waals surface area contributed by atoms with Crippen molar-refractivity contribution in [1.29, 1.82) is 0 Å². The van der Waals surface area contributed by atoms with Gasteiger partial charge in [-0.1, -0.05) is 30.3 Å². The topological polar surface area (TPSA) is 40.1 Å². The van der Waals surface area contributed by atoms with E-state index < -0.39 is 5.97 Å². The van der Waals surface area contributed by atoms with E-state index in [0.29, 0.717) is 6.42 Å². The molecule has 0 atom stereocenters. The van der Waals surface area contributed by atoms with Crippen LogP contribution in [-0.4, -0.2) is 5.97 Å². The average molecular weight is 200 g/mol. The van der Waals surface area contributed by atoms with Crippen LogP contribution in [0.4, 0.5) is 0 Å². The fourth-order valence-electron chi connectivity index (χ4n) is 1.05. The minimum atomic E-state index is -1.13. The van der Waals surface area contributed by atoms with Crippen LogP contribution in [0.25, 0.3) is 0 Å². The standard InChI is InChI=1S/C10H10O2.K/c1-2-5-8-6-3-4-7-9(8)10(11)12;/h2-4,6-7H,1,5H2,(H,11,12);/q;+1/p-1. The van der Waals surface area contributed by atoms with E-state index in [-0.39, 0.29) is 56.9 Å². The maximum Gasteiger partial charge on any atom is 1.00 e. The number of aromatic carboxylic acids is 1. The van der Waals surface area contributed by atoms with Gasteiger partial charge in [-0.25, -0.2) is 0 Å². The molecule has 1 rings (SSSR count). The zero-order valence-corrected chi connectivity index (χ0v) is 10.7. The second-order valence-electron chi connectivity index (χ2n) is 2.44. The number of rotatable bonds is 3. The predicted octanol–water partition coefficient (Wildman–Crippen LogP) is -2.22. The van der Waals surface area contributed by atoms with E-state index >= 15 is 0 Å². The van der Waals surface area contributed by atoms with Crippen LogP contribution in [0.2, 0.25) is 0 Å². The van der Waals surface area contributed by atoms with E-state index in [9.17, 15) is 9.90 Å². The van der Waals surface area contributed by atoms with Gasteiger partial charge >= 0.3 is 51.4 Å². The third kappa shape index (κ3) is 3.75. The van der Waals surface area contributed by atoms with Crippen molar-refractivity contribution in [3.05, 3.63) is 48.0 Å². The van der Waals surface area contributed by atoms with Crippen molar-refractivity contribution >= 4 is 5.97 Å². The molecule has 0 heterocycles. The van der Waals surface area contributed by atoms with Crippen molar-refractivity contribution < 1.29 is 61.3 Å². The van der Waals surface area contributed by atoms with Crippen molar-refractivity contribution in [2.45, 2.75) is 6.42 Å². The van der Waals surface area contributed by atoms with Gasteiger partial charge in [0.1, 0.15) is 0 Å². The second-order valence-corrected chi connectivity index (χ2v) is 2.44. The molecule has 0 N–H and O–H groups in total. The maximum atomic E-state index is 10.6. The molecule has 0 saturated heterocycles. The molecule has 0 aliphatic rings. The molecule has 0 unspecified atom stereocenters. The van der Waals surface area contributed by atoms with Crippen molar-refractivity contribution in [3.8, 4) is 0 Å². The summed E-state index contributed by atoms with van der Waals surface area (Å²) in [7, 11) is 0. The molecule has 2 nitrogen and oxygen atoms in total. The first kappa shape index (κ1) is 13.1. The SMILES string of the molecule is C=CCc1ccccc1C(=O)[O-].[K+]. The van der Waals surface area contributed by atoms with Crippen LogP contribution in [0.5, 0.6) is 0 Å². The van der Waals surface area contributed by atoms with Gasteiger partial charge in [0, 0.05) is 5.56 Å². The summed E-state index contributed by atoms with van der Waals surface area (Å²) in [6.45, 7) is 3.54. The molecule has 0 saturated carbocycles. The number of carbonyl (C=O) groups excluding carboxylic acids is 1. The van der Waals surface area contributed by atoms with E-state index in [4.69, 9.17) is 0 Å². The van der Waals surface area contributed by atoms with Gasteiger partial charge in [-0.05, 0) is 12.0 Å². The Hall–Kier alpha value is 0.0664. The van der Waals surface area contributed by atoms with Crippen LogP contribution in [0.15, 0.2) is 36.9 Å². The minimum Gasteiger partial charge on any atom is -0.545 e. The Morgan fingerprint density at radius 2 is 2.08 bits per heavy atom. The number of carboxylic acids is 1. The number of carbonyl (C=O) groups is 1. The third-order valence-electron chi connectivity index (χ3n) is 1.60. The smallest absolute Gasteiger partial charge is 0.545 e. The Morgan fingerprint density at radius 3 is 2.62 bits per heavy atom. The Balaban J connectivity index is 0.00000144. The molecule has 0 aliphatic heterocycles. The number of carboxylic acid groups (broad SMARTS) is 1. The number of hydrogen-bond donors (Lipinski definition) is 0. The summed E-state index contributed by atoms with van der Waals surface area (Å²) < 4.78 is 0. The molecule has 0 radical (unpaired) electrons. The van der Waals surface area contributed by atoms with Crippen LogP contribution in [-0.2, 0) is 6.42 Å². The molecule has 62 valence electrons. The summed E-state index contributed by atoms with van der Waals surface area (Å²) in [4.78, 5) is 10.6. The Bertz CT molecular complexity index is 308. The van der Waals surface area contributed by atoms with E-state index in [1.807, 2.05) is 0 Å². The molecule has 0 bridgehead atoms. The predicted molar refractivity (Wildman–Crippen MR) is 44.7 cm³/mol. The van der Waals surface area contributed by atoms with Gasteiger partial charge in [0.2, 0.25) is 0 Å². The first-order chi connectivity index (χ1) is 5.75. The van der Waals surface area contributed by atoms with Gasteiger partial charge < -0.3 is 9.90 Å².